The summed E-state index contributed by atoms with van der Waals surface area (Å²) in [4.78, 5) is 36.9. The summed E-state index contributed by atoms with van der Waals surface area (Å²) in [5, 5.41) is 8.92. The largest absolute Gasteiger partial charge is 0.472 e. The first-order valence-corrected chi connectivity index (χ1v) is 12.0. The van der Waals surface area contributed by atoms with Crippen molar-refractivity contribution in [3.63, 3.8) is 0 Å². The average molecular weight is 477 g/mol. The predicted octanol–water partition coefficient (Wildman–Crippen LogP) is 3.97. The number of nitrogens with one attached hydrogen (secondary N) is 3. The first-order chi connectivity index (χ1) is 16.6. The van der Waals surface area contributed by atoms with Crippen molar-refractivity contribution in [3.8, 4) is 11.3 Å². The molecule has 34 heavy (non-hydrogen) atoms. The summed E-state index contributed by atoms with van der Waals surface area (Å²) in [7, 11) is 0. The van der Waals surface area contributed by atoms with Gasteiger partial charge in [-0.25, -0.2) is 9.97 Å². The van der Waals surface area contributed by atoms with Gasteiger partial charge in [0.1, 0.15) is 0 Å². The zero-order valence-corrected chi connectivity index (χ0v) is 19.2. The molecule has 4 heterocycles. The molecule has 1 aliphatic heterocycles. The van der Waals surface area contributed by atoms with Crippen LogP contribution >= 0.6 is 11.8 Å². The van der Waals surface area contributed by atoms with E-state index in [-0.39, 0.29) is 11.3 Å². The number of aromatic nitrogens is 3. The second-order valence-electron chi connectivity index (χ2n) is 8.26. The van der Waals surface area contributed by atoms with Gasteiger partial charge in [-0.15, -0.1) is 0 Å². The number of amides is 2. The number of carbonyl (C=O) groups excluding carboxylic acids is 2. The van der Waals surface area contributed by atoms with Crippen molar-refractivity contribution in [2.24, 2.45) is 0 Å². The molecule has 2 aliphatic rings. The van der Waals surface area contributed by atoms with Gasteiger partial charge in [0.2, 0.25) is 5.95 Å². The van der Waals surface area contributed by atoms with Gasteiger partial charge in [0, 0.05) is 30.4 Å². The Bertz CT molecular complexity index is 1200. The van der Waals surface area contributed by atoms with Crippen LogP contribution in [0.1, 0.15) is 37.1 Å². The zero-order valence-electron chi connectivity index (χ0n) is 18.4. The van der Waals surface area contributed by atoms with Crippen LogP contribution in [0.2, 0.25) is 0 Å². The van der Waals surface area contributed by atoms with Gasteiger partial charge in [0.25, 0.3) is 11.1 Å². The number of hydrogen-bond acceptors (Lipinski definition) is 9. The zero-order chi connectivity index (χ0) is 23.3. The average Bonchev–Trinajstić information content (AvgIpc) is 3.49. The lowest BCUT2D eigenvalue weighted by molar-refractivity contribution is -0.115. The summed E-state index contributed by atoms with van der Waals surface area (Å²) in [5.41, 5.74) is 3.49. The first-order valence-electron chi connectivity index (χ1n) is 11.2. The lowest BCUT2D eigenvalue weighted by atomic mass is 9.91. The van der Waals surface area contributed by atoms with Crippen molar-refractivity contribution >= 4 is 34.9 Å². The molecule has 0 bridgehead atoms. The molecular formula is C24H24N6O3S. The summed E-state index contributed by atoms with van der Waals surface area (Å²) >= 11 is 0.878. The Kier molecular flexibility index (Phi) is 6.68. The Balaban J connectivity index is 1.11. The maximum Gasteiger partial charge on any atom is 0.290 e. The number of hydrogen-bond donors (Lipinski definition) is 3. The second kappa shape index (κ2) is 10.2. The van der Waals surface area contributed by atoms with E-state index in [9.17, 15) is 9.59 Å². The number of thioether (sulfide) groups is 1. The molecule has 0 spiro atoms. The van der Waals surface area contributed by atoms with Gasteiger partial charge in [-0.1, -0.05) is 6.07 Å². The van der Waals surface area contributed by atoms with Gasteiger partial charge in [-0.3, -0.25) is 19.9 Å². The van der Waals surface area contributed by atoms with Crippen LogP contribution in [-0.2, 0) is 11.3 Å². The maximum atomic E-state index is 11.7. The van der Waals surface area contributed by atoms with Crippen molar-refractivity contribution < 1.29 is 14.0 Å². The number of furan rings is 1. The highest BCUT2D eigenvalue weighted by molar-refractivity contribution is 8.18. The molecule has 2 fully saturated rings. The normalized spacial score (nSPS) is 21.6. The molecule has 0 aromatic carbocycles. The van der Waals surface area contributed by atoms with E-state index in [1.54, 1.807) is 30.9 Å². The topological polar surface area (TPSA) is 122 Å². The van der Waals surface area contributed by atoms with Gasteiger partial charge < -0.3 is 15.1 Å². The molecule has 0 radical (unpaired) electrons. The Hall–Kier alpha value is -3.50. The third kappa shape index (κ3) is 5.52. The summed E-state index contributed by atoms with van der Waals surface area (Å²) in [6.45, 7) is 0.725. The van der Waals surface area contributed by atoms with E-state index in [1.807, 2.05) is 24.3 Å². The summed E-state index contributed by atoms with van der Waals surface area (Å²) in [6, 6.07) is 10.4. The van der Waals surface area contributed by atoms with Crippen molar-refractivity contribution in [3.05, 3.63) is 65.3 Å². The fourth-order valence-corrected chi connectivity index (χ4v) is 4.77. The Morgan fingerprint density at radius 2 is 1.94 bits per heavy atom. The second-order valence-corrected chi connectivity index (χ2v) is 9.27. The lowest BCUT2D eigenvalue weighted by Gasteiger charge is -2.29. The third-order valence-corrected chi connectivity index (χ3v) is 6.66. The molecule has 0 atom stereocenters. The molecule has 3 N–H and O–H groups in total. The Morgan fingerprint density at radius 1 is 1.09 bits per heavy atom. The Morgan fingerprint density at radius 3 is 2.71 bits per heavy atom. The predicted molar refractivity (Wildman–Crippen MR) is 130 cm³/mol. The fraction of sp³-hybridized carbons (Fsp3) is 0.292. The van der Waals surface area contributed by atoms with Crippen LogP contribution in [0, 0.1) is 0 Å². The number of anilines is 1. The summed E-state index contributed by atoms with van der Waals surface area (Å²) in [6.07, 6.45) is 10.7. The molecule has 174 valence electrons. The third-order valence-electron chi connectivity index (χ3n) is 5.85. The van der Waals surface area contributed by atoms with Gasteiger partial charge in [-0.2, -0.15) is 0 Å². The van der Waals surface area contributed by atoms with Crippen LogP contribution in [0.15, 0.2) is 58.4 Å². The molecule has 5 rings (SSSR count). The Labute approximate surface area is 200 Å². The maximum absolute atomic E-state index is 11.7. The number of nitrogens with zero attached hydrogens (tertiary/aromatic N) is 3. The molecule has 1 saturated carbocycles. The monoisotopic (exact) mass is 476 g/mol. The highest BCUT2D eigenvalue weighted by Gasteiger charge is 2.25. The van der Waals surface area contributed by atoms with Gasteiger partial charge in [0.05, 0.1) is 34.5 Å². The minimum absolute atomic E-state index is 0.286. The molecule has 1 aliphatic carbocycles. The van der Waals surface area contributed by atoms with E-state index in [0.29, 0.717) is 22.6 Å². The van der Waals surface area contributed by atoms with Crippen molar-refractivity contribution in [2.45, 2.75) is 44.3 Å². The van der Waals surface area contributed by atoms with Crippen molar-refractivity contribution in [2.75, 3.05) is 5.32 Å². The lowest BCUT2D eigenvalue weighted by Crippen LogP contribution is -2.37. The van der Waals surface area contributed by atoms with E-state index in [2.05, 4.69) is 25.9 Å². The van der Waals surface area contributed by atoms with Crippen molar-refractivity contribution in [1.29, 1.82) is 0 Å². The molecule has 2 amide bonds. The van der Waals surface area contributed by atoms with E-state index in [0.717, 1.165) is 60.9 Å². The molecular weight excluding hydrogens is 452 g/mol. The van der Waals surface area contributed by atoms with Crippen LogP contribution in [0.25, 0.3) is 17.3 Å². The van der Waals surface area contributed by atoms with Gasteiger partial charge >= 0.3 is 0 Å². The smallest absolute Gasteiger partial charge is 0.290 e. The van der Waals surface area contributed by atoms with Crippen LogP contribution < -0.4 is 16.0 Å². The fourth-order valence-electron chi connectivity index (χ4n) is 4.10. The molecule has 3 aromatic rings. The van der Waals surface area contributed by atoms with Crippen molar-refractivity contribution in [1.82, 2.24) is 25.6 Å². The number of rotatable bonds is 7. The molecule has 0 unspecified atom stereocenters. The summed E-state index contributed by atoms with van der Waals surface area (Å²) < 4.78 is 5.16. The summed E-state index contributed by atoms with van der Waals surface area (Å²) in [5.74, 6) is 0.137. The van der Waals surface area contributed by atoms with E-state index in [1.165, 1.54) is 0 Å². The van der Waals surface area contributed by atoms with E-state index < -0.39 is 5.91 Å². The highest BCUT2D eigenvalue weighted by Crippen LogP contribution is 2.26. The van der Waals surface area contributed by atoms with Gasteiger partial charge in [-0.05, 0) is 67.8 Å². The van der Waals surface area contributed by atoms with Crippen LogP contribution in [0.4, 0.5) is 10.7 Å². The minimum Gasteiger partial charge on any atom is -0.472 e. The van der Waals surface area contributed by atoms with Crippen LogP contribution in [0.5, 0.6) is 0 Å². The molecule has 9 nitrogen and oxygen atoms in total. The first kappa shape index (κ1) is 22.3. The van der Waals surface area contributed by atoms with Gasteiger partial charge in [0.15, 0.2) is 0 Å². The van der Waals surface area contributed by atoms with Crippen LogP contribution in [-0.4, -0.2) is 38.2 Å². The molecule has 1 saturated heterocycles. The molecule has 3 aromatic heterocycles. The number of pyridine rings is 1. The van der Waals surface area contributed by atoms with E-state index in [4.69, 9.17) is 9.40 Å². The molecule has 10 heteroatoms. The standard InChI is InChI=1S/C24H24N6O3S/c31-22-21(34-24(32)30-22)12-18-8-10-25-23(29-18)28-17-6-4-16(5-7-17)26-13-19-2-1-3-20(27-19)15-9-11-33-14-15/h1-3,8-12,14,16-17,26H,4-7,13H2,(H,25,28,29)(H,30,31,32)/t16-,17-. The van der Waals surface area contributed by atoms with Crippen LogP contribution in [0.3, 0.4) is 0 Å². The number of carbonyl (C=O) groups is 2. The number of imide groups is 1. The quantitative estimate of drug-likeness (QED) is 0.435. The minimum atomic E-state index is -0.391. The highest BCUT2D eigenvalue weighted by atomic mass is 32.2. The van der Waals surface area contributed by atoms with E-state index >= 15 is 0 Å². The SMILES string of the molecule is O=C1NC(=O)C(=Cc2ccnc(N[C@H]3CC[C@H](NCc4cccc(-c5ccoc5)n4)CC3)n2)S1.